The lowest BCUT2D eigenvalue weighted by atomic mass is 10.1. The van der Waals surface area contributed by atoms with Crippen LogP contribution in [-0.2, 0) is 0 Å². The molecule has 1 atom stereocenters. The highest BCUT2D eigenvalue weighted by Crippen LogP contribution is 2.34. The van der Waals surface area contributed by atoms with Crippen LogP contribution in [0.4, 0.5) is 0 Å². The van der Waals surface area contributed by atoms with E-state index in [1.54, 1.807) is 18.2 Å². The lowest BCUT2D eigenvalue weighted by Crippen LogP contribution is -1.99. The lowest BCUT2D eigenvalue weighted by molar-refractivity contribution is 0.223. The van der Waals surface area contributed by atoms with E-state index in [9.17, 15) is 5.11 Å². The summed E-state index contributed by atoms with van der Waals surface area (Å²) in [6.07, 6.45) is -0.703. The molecule has 4 heteroatoms. The fourth-order valence-corrected chi connectivity index (χ4v) is 2.86. The molecule has 1 heterocycles. The number of aliphatic hydroxyl groups excluding tert-OH is 1. The van der Waals surface area contributed by atoms with E-state index in [2.05, 4.69) is 0 Å². The monoisotopic (exact) mass is 272 g/mol. The van der Waals surface area contributed by atoms with Crippen LogP contribution in [0.1, 0.15) is 22.1 Å². The molecule has 2 aromatic rings. The summed E-state index contributed by atoms with van der Waals surface area (Å²) in [6, 6.07) is 7.09. The SMILES string of the molecule is Cc1ccsc1C(O)c1cc(Cl)ccc1Cl. The molecular weight excluding hydrogens is 263 g/mol. The average Bonchev–Trinajstić information content (AvgIpc) is 2.67. The highest BCUT2D eigenvalue weighted by molar-refractivity contribution is 7.10. The first-order chi connectivity index (χ1) is 7.59. The van der Waals surface area contributed by atoms with Crippen LogP contribution < -0.4 is 0 Å². The molecule has 0 bridgehead atoms. The molecule has 0 aliphatic carbocycles. The molecule has 0 amide bonds. The van der Waals surface area contributed by atoms with Crippen LogP contribution in [0.15, 0.2) is 29.6 Å². The van der Waals surface area contributed by atoms with Gasteiger partial charge >= 0.3 is 0 Å². The number of thiophene rings is 1. The van der Waals surface area contributed by atoms with Crippen LogP contribution in [-0.4, -0.2) is 5.11 Å². The molecule has 1 unspecified atom stereocenters. The van der Waals surface area contributed by atoms with E-state index in [0.717, 1.165) is 10.4 Å². The highest BCUT2D eigenvalue weighted by Gasteiger charge is 2.17. The van der Waals surface area contributed by atoms with Gasteiger partial charge in [-0.2, -0.15) is 0 Å². The van der Waals surface area contributed by atoms with E-state index < -0.39 is 6.10 Å². The van der Waals surface area contributed by atoms with Crippen molar-refractivity contribution in [3.8, 4) is 0 Å². The van der Waals surface area contributed by atoms with Crippen LogP contribution in [0.3, 0.4) is 0 Å². The highest BCUT2D eigenvalue weighted by atomic mass is 35.5. The fourth-order valence-electron chi connectivity index (χ4n) is 1.53. The zero-order valence-corrected chi connectivity index (χ0v) is 10.9. The summed E-state index contributed by atoms with van der Waals surface area (Å²) in [5, 5.41) is 13.3. The summed E-state index contributed by atoms with van der Waals surface area (Å²) in [6.45, 7) is 1.97. The molecule has 0 saturated carbocycles. The van der Waals surface area contributed by atoms with Crippen molar-refractivity contribution in [3.63, 3.8) is 0 Å². The first-order valence-electron chi connectivity index (χ1n) is 4.76. The summed E-state index contributed by atoms with van der Waals surface area (Å²) in [4.78, 5) is 0.907. The van der Waals surface area contributed by atoms with Crippen LogP contribution in [0.2, 0.25) is 10.0 Å². The lowest BCUT2D eigenvalue weighted by Gasteiger charge is -2.12. The maximum absolute atomic E-state index is 10.2. The number of hydrogen-bond donors (Lipinski definition) is 1. The molecular formula is C12H10Cl2OS. The van der Waals surface area contributed by atoms with Gasteiger partial charge in [-0.3, -0.25) is 0 Å². The minimum atomic E-state index is -0.703. The van der Waals surface area contributed by atoms with Crippen molar-refractivity contribution in [3.05, 3.63) is 55.7 Å². The Hall–Kier alpha value is -0.540. The second-order valence-corrected chi connectivity index (χ2v) is 5.33. The zero-order chi connectivity index (χ0) is 11.7. The number of rotatable bonds is 2. The third-order valence-electron chi connectivity index (χ3n) is 2.40. The molecule has 0 fully saturated rings. The molecule has 2 rings (SSSR count). The van der Waals surface area contributed by atoms with Crippen LogP contribution in [0, 0.1) is 6.92 Å². The minimum absolute atomic E-state index is 0.532. The Bertz CT molecular complexity index is 507. The number of aliphatic hydroxyl groups is 1. The standard InChI is InChI=1S/C12H10Cl2OS/c1-7-4-5-16-12(7)11(15)9-6-8(13)2-3-10(9)14/h2-6,11,15H,1H3. The van der Waals surface area contributed by atoms with Gasteiger partial charge in [-0.25, -0.2) is 0 Å². The van der Waals surface area contributed by atoms with E-state index in [4.69, 9.17) is 23.2 Å². The molecule has 0 aliphatic heterocycles. The van der Waals surface area contributed by atoms with Crippen molar-refractivity contribution in [1.29, 1.82) is 0 Å². The molecule has 1 N–H and O–H groups in total. The van der Waals surface area contributed by atoms with E-state index in [1.165, 1.54) is 11.3 Å². The van der Waals surface area contributed by atoms with E-state index in [0.29, 0.717) is 15.6 Å². The Labute approximate surface area is 108 Å². The van der Waals surface area contributed by atoms with Gasteiger partial charge in [-0.15, -0.1) is 11.3 Å². The fraction of sp³-hybridized carbons (Fsp3) is 0.167. The Morgan fingerprint density at radius 2 is 2.00 bits per heavy atom. The maximum atomic E-state index is 10.2. The molecule has 84 valence electrons. The van der Waals surface area contributed by atoms with E-state index in [-0.39, 0.29) is 0 Å². The van der Waals surface area contributed by atoms with E-state index >= 15 is 0 Å². The largest absolute Gasteiger partial charge is 0.383 e. The van der Waals surface area contributed by atoms with Gasteiger partial charge in [0.1, 0.15) is 6.10 Å². The Morgan fingerprint density at radius 3 is 2.62 bits per heavy atom. The quantitative estimate of drug-likeness (QED) is 0.857. The van der Waals surface area contributed by atoms with Gasteiger partial charge in [0.15, 0.2) is 0 Å². The number of hydrogen-bond acceptors (Lipinski definition) is 2. The zero-order valence-electron chi connectivity index (χ0n) is 8.58. The summed E-state index contributed by atoms with van der Waals surface area (Å²) in [5.41, 5.74) is 1.72. The summed E-state index contributed by atoms with van der Waals surface area (Å²) in [7, 11) is 0. The molecule has 0 saturated heterocycles. The molecule has 1 aromatic carbocycles. The number of aryl methyl sites for hydroxylation is 1. The predicted molar refractivity (Wildman–Crippen MR) is 69.6 cm³/mol. The second-order valence-electron chi connectivity index (χ2n) is 3.54. The van der Waals surface area contributed by atoms with Crippen molar-refractivity contribution in [2.75, 3.05) is 0 Å². The van der Waals surface area contributed by atoms with Crippen LogP contribution in [0.25, 0.3) is 0 Å². The molecule has 16 heavy (non-hydrogen) atoms. The summed E-state index contributed by atoms with van der Waals surface area (Å²) in [5.74, 6) is 0. The Morgan fingerprint density at radius 1 is 1.25 bits per heavy atom. The van der Waals surface area contributed by atoms with Crippen LogP contribution >= 0.6 is 34.5 Å². The van der Waals surface area contributed by atoms with Gasteiger partial charge < -0.3 is 5.11 Å². The van der Waals surface area contributed by atoms with Crippen molar-refractivity contribution >= 4 is 34.5 Å². The Kier molecular flexibility index (Phi) is 3.55. The Balaban J connectivity index is 2.45. The van der Waals surface area contributed by atoms with Gasteiger partial charge in [-0.1, -0.05) is 23.2 Å². The summed E-state index contributed by atoms with van der Waals surface area (Å²) >= 11 is 13.5. The van der Waals surface area contributed by atoms with Crippen molar-refractivity contribution < 1.29 is 5.11 Å². The molecule has 0 spiro atoms. The van der Waals surface area contributed by atoms with Crippen molar-refractivity contribution in [2.45, 2.75) is 13.0 Å². The first-order valence-corrected chi connectivity index (χ1v) is 6.40. The van der Waals surface area contributed by atoms with Gasteiger partial charge in [-0.05, 0) is 42.1 Å². The third-order valence-corrected chi connectivity index (χ3v) is 4.05. The molecule has 1 nitrogen and oxygen atoms in total. The molecule has 0 radical (unpaired) electrons. The van der Waals surface area contributed by atoms with Gasteiger partial charge in [0, 0.05) is 20.5 Å². The van der Waals surface area contributed by atoms with Crippen molar-refractivity contribution in [1.82, 2.24) is 0 Å². The minimum Gasteiger partial charge on any atom is -0.383 e. The number of halogens is 2. The van der Waals surface area contributed by atoms with E-state index in [1.807, 2.05) is 18.4 Å². The van der Waals surface area contributed by atoms with Gasteiger partial charge in [0.05, 0.1) is 0 Å². The molecule has 0 aliphatic rings. The normalized spacial score (nSPS) is 12.8. The predicted octanol–water partition coefficient (Wildman–Crippen LogP) is 4.45. The topological polar surface area (TPSA) is 20.2 Å². The molecule has 1 aromatic heterocycles. The number of benzene rings is 1. The van der Waals surface area contributed by atoms with Crippen LogP contribution in [0.5, 0.6) is 0 Å². The first kappa shape index (κ1) is 11.9. The van der Waals surface area contributed by atoms with Crippen molar-refractivity contribution in [2.24, 2.45) is 0 Å². The third kappa shape index (κ3) is 2.25. The average molecular weight is 273 g/mol. The maximum Gasteiger partial charge on any atom is 0.115 e. The van der Waals surface area contributed by atoms with Gasteiger partial charge in [0.25, 0.3) is 0 Å². The second kappa shape index (κ2) is 4.76. The smallest absolute Gasteiger partial charge is 0.115 e. The van der Waals surface area contributed by atoms with Gasteiger partial charge in [0.2, 0.25) is 0 Å². The summed E-state index contributed by atoms with van der Waals surface area (Å²) < 4.78 is 0.